The van der Waals surface area contributed by atoms with Crippen LogP contribution in [-0.4, -0.2) is 6.18 Å². The third kappa shape index (κ3) is 2.54. The van der Waals surface area contributed by atoms with Crippen LogP contribution in [0.5, 0.6) is 0 Å². The first-order valence-corrected chi connectivity index (χ1v) is 2.95. The number of hydrogen-bond donors (Lipinski definition) is 0. The molecule has 0 bridgehead atoms. The van der Waals surface area contributed by atoms with E-state index in [1.54, 1.807) is 0 Å². The lowest BCUT2D eigenvalue weighted by molar-refractivity contribution is -0.0818. The van der Waals surface area contributed by atoms with Crippen molar-refractivity contribution in [3.8, 4) is 0 Å². The third-order valence-electron chi connectivity index (χ3n) is 0.524. The molecule has 0 aliphatic carbocycles. The van der Waals surface area contributed by atoms with Gasteiger partial charge in [0.15, 0.2) is 0 Å². The maximum Gasteiger partial charge on any atom is 0.421 e. The number of alkyl halides is 3. The van der Waals surface area contributed by atoms with E-state index in [2.05, 4.69) is 0 Å². The first kappa shape index (κ1) is 8.26. The molecule has 0 aliphatic heterocycles. The van der Waals surface area contributed by atoms with E-state index in [4.69, 9.17) is 0 Å². The summed E-state index contributed by atoms with van der Waals surface area (Å²) in [6.45, 7) is 1.36. The van der Waals surface area contributed by atoms with Crippen molar-refractivity contribution in [2.24, 2.45) is 0 Å². The maximum atomic E-state index is 11.4. The molecule has 0 rings (SSSR count). The molecule has 0 nitrogen and oxygen atoms in total. The summed E-state index contributed by atoms with van der Waals surface area (Å²) in [6, 6.07) is 0. The number of hydrogen-bond acceptors (Lipinski definition) is 0. The smallest absolute Gasteiger partial charge is 0.166 e. The van der Waals surface area contributed by atoms with Crippen molar-refractivity contribution in [2.45, 2.75) is 13.1 Å². The largest absolute Gasteiger partial charge is 0.421 e. The van der Waals surface area contributed by atoms with Crippen LogP contribution >= 0.6 is 22.6 Å². The molecular formula is C4H4F3I. The van der Waals surface area contributed by atoms with E-state index in [-0.39, 0.29) is 0 Å². The summed E-state index contributed by atoms with van der Waals surface area (Å²) >= 11 is 1.25. The molecule has 0 N–H and O–H groups in total. The fourth-order valence-electron chi connectivity index (χ4n) is 0.164. The summed E-state index contributed by atoms with van der Waals surface area (Å²) in [4.78, 5) is 0. The van der Waals surface area contributed by atoms with Gasteiger partial charge < -0.3 is 0 Å². The molecule has 0 saturated heterocycles. The van der Waals surface area contributed by atoms with Crippen molar-refractivity contribution in [1.29, 1.82) is 0 Å². The highest BCUT2D eigenvalue weighted by Crippen LogP contribution is 2.29. The van der Waals surface area contributed by atoms with Crippen molar-refractivity contribution in [2.75, 3.05) is 0 Å². The van der Waals surface area contributed by atoms with E-state index in [1.807, 2.05) is 0 Å². The lowest BCUT2D eigenvalue weighted by Crippen LogP contribution is -2.05. The molecule has 0 radical (unpaired) electrons. The summed E-state index contributed by atoms with van der Waals surface area (Å²) in [7, 11) is 0. The van der Waals surface area contributed by atoms with Gasteiger partial charge in [-0.1, -0.05) is 6.08 Å². The van der Waals surface area contributed by atoms with Crippen LogP contribution in [0, 0.1) is 0 Å². The zero-order valence-corrected chi connectivity index (χ0v) is 6.25. The molecule has 0 spiro atoms. The molecule has 0 unspecified atom stereocenters. The van der Waals surface area contributed by atoms with Crippen LogP contribution in [0.2, 0.25) is 0 Å². The molecule has 8 heavy (non-hydrogen) atoms. The number of allylic oxidation sites excluding steroid dienone is 2. The highest BCUT2D eigenvalue weighted by atomic mass is 127. The van der Waals surface area contributed by atoms with Crippen molar-refractivity contribution in [3.63, 3.8) is 0 Å². The lowest BCUT2D eigenvalue weighted by atomic mass is 10.5. The summed E-state index contributed by atoms with van der Waals surface area (Å²) < 4.78 is 33.5. The standard InChI is InChI=1S/C4H4F3I/c1-2-3(8)4(5,6)7/h2H,1H3/b3-2-. The SMILES string of the molecule is C/C=C(\I)C(F)(F)F. The number of halogens is 4. The Morgan fingerprint density at radius 1 is 1.50 bits per heavy atom. The van der Waals surface area contributed by atoms with E-state index < -0.39 is 9.76 Å². The van der Waals surface area contributed by atoms with E-state index in [9.17, 15) is 13.2 Å². The molecule has 4 heteroatoms. The molecule has 0 fully saturated rings. The minimum atomic E-state index is -4.14. The van der Waals surface area contributed by atoms with Gasteiger partial charge in [0.2, 0.25) is 0 Å². The highest BCUT2D eigenvalue weighted by Gasteiger charge is 2.30. The summed E-state index contributed by atoms with van der Waals surface area (Å²) in [5, 5.41) is 0. The van der Waals surface area contributed by atoms with E-state index in [0.29, 0.717) is 0 Å². The normalized spacial score (nSPS) is 14.4. The van der Waals surface area contributed by atoms with Crippen LogP contribution < -0.4 is 0 Å². The van der Waals surface area contributed by atoms with E-state index in [0.717, 1.165) is 6.08 Å². The molecule has 0 atom stereocenters. The Bertz CT molecular complexity index is 102. The Hall–Kier alpha value is 0.260. The molecule has 0 aliphatic rings. The molecule has 0 aromatic rings. The Balaban J connectivity index is 4.03. The van der Waals surface area contributed by atoms with Gasteiger partial charge >= 0.3 is 6.18 Å². The second kappa shape index (κ2) is 2.70. The first-order chi connectivity index (χ1) is 3.48. The van der Waals surface area contributed by atoms with Gasteiger partial charge in [-0.25, -0.2) is 0 Å². The van der Waals surface area contributed by atoms with Gasteiger partial charge in [0.25, 0.3) is 0 Å². The minimum absolute atomic E-state index is 0.574. The van der Waals surface area contributed by atoms with E-state index in [1.165, 1.54) is 29.5 Å². The Kier molecular flexibility index (Phi) is 2.79. The number of rotatable bonds is 0. The van der Waals surface area contributed by atoms with Gasteiger partial charge in [0, 0.05) is 0 Å². The second-order valence-corrected chi connectivity index (χ2v) is 2.30. The molecule has 0 heterocycles. The van der Waals surface area contributed by atoms with Crippen molar-refractivity contribution >= 4 is 22.6 Å². The van der Waals surface area contributed by atoms with Gasteiger partial charge in [-0.15, -0.1) is 0 Å². The van der Waals surface area contributed by atoms with Crippen LogP contribution in [0.3, 0.4) is 0 Å². The first-order valence-electron chi connectivity index (χ1n) is 1.87. The van der Waals surface area contributed by atoms with Crippen LogP contribution in [0.15, 0.2) is 9.66 Å². The predicted molar refractivity (Wildman–Crippen MR) is 33.8 cm³/mol. The quantitative estimate of drug-likeness (QED) is 0.567. The average Bonchev–Trinajstić information content (AvgIpc) is 1.62. The molecule has 0 saturated carbocycles. The predicted octanol–water partition coefficient (Wildman–Crippen LogP) is 2.89. The van der Waals surface area contributed by atoms with Crippen LogP contribution in [0.25, 0.3) is 0 Å². The zero-order chi connectivity index (χ0) is 6.78. The average molecular weight is 236 g/mol. The van der Waals surface area contributed by atoms with Crippen LogP contribution in [0.4, 0.5) is 13.2 Å². The Labute approximate surface area is 58.9 Å². The zero-order valence-electron chi connectivity index (χ0n) is 4.09. The molecular weight excluding hydrogens is 232 g/mol. The van der Waals surface area contributed by atoms with Crippen LogP contribution in [0.1, 0.15) is 6.92 Å². The van der Waals surface area contributed by atoms with Crippen LogP contribution in [-0.2, 0) is 0 Å². The van der Waals surface area contributed by atoms with Crippen molar-refractivity contribution in [1.82, 2.24) is 0 Å². The fourth-order valence-corrected chi connectivity index (χ4v) is 0.164. The molecule has 0 amide bonds. The highest BCUT2D eigenvalue weighted by molar-refractivity contribution is 14.1. The van der Waals surface area contributed by atoms with Gasteiger partial charge in [-0.3, -0.25) is 0 Å². The topological polar surface area (TPSA) is 0 Å². The lowest BCUT2D eigenvalue weighted by Gasteiger charge is -2.01. The van der Waals surface area contributed by atoms with Gasteiger partial charge in [0.05, 0.1) is 3.58 Å². The second-order valence-electron chi connectivity index (χ2n) is 1.13. The Morgan fingerprint density at radius 2 is 1.88 bits per heavy atom. The summed E-state index contributed by atoms with van der Waals surface area (Å²) in [6.07, 6.45) is -3.12. The molecule has 0 aromatic heterocycles. The van der Waals surface area contributed by atoms with Crippen molar-refractivity contribution < 1.29 is 13.2 Å². The minimum Gasteiger partial charge on any atom is -0.166 e. The maximum absolute atomic E-state index is 11.4. The Morgan fingerprint density at radius 3 is 1.88 bits per heavy atom. The fraction of sp³-hybridized carbons (Fsp3) is 0.500. The van der Waals surface area contributed by atoms with Gasteiger partial charge in [-0.05, 0) is 29.5 Å². The van der Waals surface area contributed by atoms with Gasteiger partial charge in [0.1, 0.15) is 0 Å². The summed E-state index contributed by atoms with van der Waals surface area (Å²) in [5.41, 5.74) is 0. The molecule has 0 aromatic carbocycles. The van der Waals surface area contributed by atoms with E-state index >= 15 is 0 Å². The van der Waals surface area contributed by atoms with Gasteiger partial charge in [-0.2, -0.15) is 13.2 Å². The third-order valence-corrected chi connectivity index (χ3v) is 1.76. The molecule has 48 valence electrons. The van der Waals surface area contributed by atoms with Crippen molar-refractivity contribution in [3.05, 3.63) is 9.66 Å². The monoisotopic (exact) mass is 236 g/mol. The summed E-state index contributed by atoms with van der Waals surface area (Å²) in [5.74, 6) is 0.